The molecule has 0 aliphatic rings. The van der Waals surface area contributed by atoms with Gasteiger partial charge in [-0.05, 0) is 12.1 Å². The third-order valence-corrected chi connectivity index (χ3v) is 1.54. The van der Waals surface area contributed by atoms with Crippen LogP contribution in [0.2, 0.25) is 0 Å². The van der Waals surface area contributed by atoms with E-state index in [1.54, 1.807) is 24.3 Å². The van der Waals surface area contributed by atoms with Gasteiger partial charge < -0.3 is 4.89 Å². The number of nitrogens with zero attached hydrogens (tertiary/aromatic N) is 2. The highest BCUT2D eigenvalue weighted by atomic mass is 17.1. The molecule has 5 heteroatoms. The van der Waals surface area contributed by atoms with E-state index in [1.165, 1.54) is 0 Å². The van der Waals surface area contributed by atoms with Gasteiger partial charge in [0.05, 0.1) is 0 Å². The molecular formula is C9H8N2O3. The van der Waals surface area contributed by atoms with E-state index < -0.39 is 0 Å². The summed E-state index contributed by atoms with van der Waals surface area (Å²) in [5.74, 6) is -0.0718. The SMILES string of the molecule is C=N/N=C(\OO)c1ccc(C=O)cc1. The zero-order valence-corrected chi connectivity index (χ0v) is 7.25. The Morgan fingerprint density at radius 3 is 2.50 bits per heavy atom. The number of aldehydes is 1. The van der Waals surface area contributed by atoms with E-state index in [0.717, 1.165) is 0 Å². The third-order valence-electron chi connectivity index (χ3n) is 1.54. The lowest BCUT2D eigenvalue weighted by molar-refractivity contribution is -0.154. The van der Waals surface area contributed by atoms with Gasteiger partial charge in [-0.15, -0.1) is 5.10 Å². The van der Waals surface area contributed by atoms with Crippen molar-refractivity contribution in [2.24, 2.45) is 10.2 Å². The van der Waals surface area contributed by atoms with E-state index >= 15 is 0 Å². The first-order valence-electron chi connectivity index (χ1n) is 3.72. The lowest BCUT2D eigenvalue weighted by Gasteiger charge is -1.99. The van der Waals surface area contributed by atoms with Crippen LogP contribution in [-0.4, -0.2) is 24.2 Å². The summed E-state index contributed by atoms with van der Waals surface area (Å²) in [5, 5.41) is 15.1. The van der Waals surface area contributed by atoms with Crippen LogP contribution in [0.15, 0.2) is 34.5 Å². The summed E-state index contributed by atoms with van der Waals surface area (Å²) >= 11 is 0. The molecule has 0 atom stereocenters. The second-order valence-electron chi connectivity index (χ2n) is 2.38. The van der Waals surface area contributed by atoms with Crippen molar-refractivity contribution in [3.8, 4) is 0 Å². The molecule has 0 amide bonds. The highest BCUT2D eigenvalue weighted by Crippen LogP contribution is 2.05. The topological polar surface area (TPSA) is 71.2 Å². The first-order chi connectivity index (χ1) is 6.81. The van der Waals surface area contributed by atoms with Crippen LogP contribution in [0.5, 0.6) is 0 Å². The van der Waals surface area contributed by atoms with Gasteiger partial charge in [0.2, 0.25) is 0 Å². The molecular weight excluding hydrogens is 184 g/mol. The smallest absolute Gasteiger partial charge is 0.281 e. The number of carbonyl (C=O) groups excluding carboxylic acids is 1. The van der Waals surface area contributed by atoms with Gasteiger partial charge >= 0.3 is 0 Å². The Morgan fingerprint density at radius 2 is 2.07 bits per heavy atom. The zero-order valence-electron chi connectivity index (χ0n) is 7.25. The van der Waals surface area contributed by atoms with Crippen molar-refractivity contribution in [2.45, 2.75) is 0 Å². The minimum absolute atomic E-state index is 0.0718. The van der Waals surface area contributed by atoms with Crippen molar-refractivity contribution >= 4 is 18.9 Å². The standard InChI is InChI=1S/C9H8N2O3/c1-10-11-9(14-13)8-4-2-7(6-12)3-5-8/h2-6,13H,1H2/b11-9-. The van der Waals surface area contributed by atoms with E-state index in [1.807, 2.05) is 0 Å². The molecule has 0 saturated heterocycles. The molecule has 0 unspecified atom stereocenters. The maximum absolute atomic E-state index is 10.3. The Balaban J connectivity index is 3.00. The van der Waals surface area contributed by atoms with Gasteiger partial charge in [0, 0.05) is 17.8 Å². The molecule has 0 aromatic heterocycles. The molecule has 0 saturated carbocycles. The molecule has 5 nitrogen and oxygen atoms in total. The van der Waals surface area contributed by atoms with Gasteiger partial charge in [0.15, 0.2) is 0 Å². The van der Waals surface area contributed by atoms with Crippen LogP contribution in [-0.2, 0) is 4.89 Å². The first-order valence-corrected chi connectivity index (χ1v) is 3.72. The van der Waals surface area contributed by atoms with Gasteiger partial charge in [0.25, 0.3) is 5.90 Å². The van der Waals surface area contributed by atoms with Crippen molar-refractivity contribution < 1.29 is 14.9 Å². The molecule has 1 aromatic carbocycles. The van der Waals surface area contributed by atoms with Crippen LogP contribution in [0, 0.1) is 0 Å². The summed E-state index contributed by atoms with van der Waals surface area (Å²) in [7, 11) is 0. The monoisotopic (exact) mass is 192 g/mol. The lowest BCUT2D eigenvalue weighted by Crippen LogP contribution is -2.03. The van der Waals surface area contributed by atoms with Gasteiger partial charge in [-0.1, -0.05) is 12.1 Å². The molecule has 1 rings (SSSR count). The Kier molecular flexibility index (Phi) is 3.51. The Bertz CT molecular complexity index is 357. The maximum atomic E-state index is 10.3. The Hall–Kier alpha value is -2.01. The zero-order chi connectivity index (χ0) is 10.4. The summed E-state index contributed by atoms with van der Waals surface area (Å²) in [4.78, 5) is 14.3. The fourth-order valence-electron chi connectivity index (χ4n) is 0.897. The van der Waals surface area contributed by atoms with Crippen molar-refractivity contribution in [3.63, 3.8) is 0 Å². The van der Waals surface area contributed by atoms with Gasteiger partial charge in [0.1, 0.15) is 6.29 Å². The quantitative estimate of drug-likeness (QED) is 0.258. The van der Waals surface area contributed by atoms with Crippen LogP contribution in [0.25, 0.3) is 0 Å². The number of hydrogen-bond acceptors (Lipinski definition) is 5. The predicted octanol–water partition coefficient (Wildman–Crippen LogP) is 1.35. The molecule has 0 aliphatic heterocycles. The number of hydrogen-bond donors (Lipinski definition) is 1. The molecule has 1 aromatic rings. The first kappa shape index (κ1) is 10.1. The molecule has 1 N–H and O–H groups in total. The van der Waals surface area contributed by atoms with Crippen molar-refractivity contribution in [1.82, 2.24) is 0 Å². The van der Waals surface area contributed by atoms with Gasteiger partial charge in [-0.3, -0.25) is 4.79 Å². The highest BCUT2D eigenvalue weighted by Gasteiger charge is 2.04. The highest BCUT2D eigenvalue weighted by molar-refractivity contribution is 5.94. The average Bonchev–Trinajstić information content (AvgIpc) is 2.26. The normalized spacial score (nSPS) is 10.8. The van der Waals surface area contributed by atoms with E-state index in [4.69, 9.17) is 5.26 Å². The van der Waals surface area contributed by atoms with E-state index in [-0.39, 0.29) is 5.90 Å². The molecule has 72 valence electrons. The lowest BCUT2D eigenvalue weighted by atomic mass is 10.1. The second-order valence-corrected chi connectivity index (χ2v) is 2.38. The Morgan fingerprint density at radius 1 is 1.43 bits per heavy atom. The summed E-state index contributed by atoms with van der Waals surface area (Å²) in [5.41, 5.74) is 1.03. The van der Waals surface area contributed by atoms with Gasteiger partial charge in [-0.25, -0.2) is 5.26 Å². The van der Waals surface area contributed by atoms with E-state index in [9.17, 15) is 4.79 Å². The van der Waals surface area contributed by atoms with Crippen LogP contribution in [0.3, 0.4) is 0 Å². The molecule has 0 fully saturated rings. The number of carbonyl (C=O) groups is 1. The second kappa shape index (κ2) is 4.88. The average molecular weight is 192 g/mol. The predicted molar refractivity (Wildman–Crippen MR) is 51.6 cm³/mol. The minimum atomic E-state index is -0.0718. The minimum Gasteiger partial charge on any atom is -0.317 e. The molecule has 0 heterocycles. The van der Waals surface area contributed by atoms with Crippen molar-refractivity contribution in [3.05, 3.63) is 35.4 Å². The van der Waals surface area contributed by atoms with Crippen LogP contribution in [0.4, 0.5) is 0 Å². The summed E-state index contributed by atoms with van der Waals surface area (Å²) < 4.78 is 0. The van der Waals surface area contributed by atoms with Crippen molar-refractivity contribution in [1.29, 1.82) is 0 Å². The molecule has 0 aliphatic carbocycles. The van der Waals surface area contributed by atoms with Crippen molar-refractivity contribution in [2.75, 3.05) is 0 Å². The fourth-order valence-corrected chi connectivity index (χ4v) is 0.897. The fraction of sp³-hybridized carbons (Fsp3) is 0. The molecule has 14 heavy (non-hydrogen) atoms. The third kappa shape index (κ3) is 2.24. The van der Waals surface area contributed by atoms with Crippen LogP contribution < -0.4 is 0 Å². The van der Waals surface area contributed by atoms with E-state index in [2.05, 4.69) is 21.8 Å². The van der Waals surface area contributed by atoms with Crippen LogP contribution >= 0.6 is 0 Å². The molecule has 0 radical (unpaired) electrons. The van der Waals surface area contributed by atoms with E-state index in [0.29, 0.717) is 17.4 Å². The van der Waals surface area contributed by atoms with Crippen LogP contribution in [0.1, 0.15) is 15.9 Å². The molecule has 0 spiro atoms. The summed E-state index contributed by atoms with van der Waals surface area (Å²) in [6.45, 7) is 3.12. The Labute approximate surface area is 80.3 Å². The number of rotatable bonds is 3. The number of benzene rings is 1. The largest absolute Gasteiger partial charge is 0.317 e. The van der Waals surface area contributed by atoms with Gasteiger partial charge in [-0.2, -0.15) is 5.10 Å². The maximum Gasteiger partial charge on any atom is 0.281 e. The summed E-state index contributed by atoms with van der Waals surface area (Å²) in [6.07, 6.45) is 0.714. The molecule has 0 bridgehead atoms. The summed E-state index contributed by atoms with van der Waals surface area (Å²) in [6, 6.07) is 6.29.